The van der Waals surface area contributed by atoms with E-state index in [1.165, 1.54) is 129 Å². The Bertz CT molecular complexity index is 2700. The molecule has 0 aromatic heterocycles. The standard InChI is InChI=1S/C62H67NS/c1-58(2)25-27-60(5,6)53-36-43(19-22-50(53)58)41-13-11-15-47(34-41)63(48-16-12-14-42(35-48)44-20-23-51-54(37-44)61(7,8)28-26-59(51,3)4)49-21-24-57-55(38-49)62(52-17-9-10-18-56(52)64-57)45-30-39-29-40(32-45)33-46(62)31-39/h9-24,34-40,45-46H,25-33H2,1-8H3. The summed E-state index contributed by atoms with van der Waals surface area (Å²) in [5.41, 5.74) is 18.9. The first-order chi connectivity index (χ1) is 30.6. The van der Waals surface area contributed by atoms with Gasteiger partial charge in [0.25, 0.3) is 0 Å². The molecular weight excluding hydrogens is 791 g/mol. The molecule has 0 N–H and O–H groups in total. The fraction of sp³-hybridized carbons (Fsp3) is 0.419. The lowest BCUT2D eigenvalue weighted by molar-refractivity contribution is -0.0443. The van der Waals surface area contributed by atoms with Crippen LogP contribution in [-0.2, 0) is 27.1 Å². The zero-order valence-electron chi connectivity index (χ0n) is 39.7. The molecule has 1 nitrogen and oxygen atoms in total. The zero-order chi connectivity index (χ0) is 44.0. The van der Waals surface area contributed by atoms with Gasteiger partial charge in [0.15, 0.2) is 0 Å². The first kappa shape index (κ1) is 40.9. The quantitative estimate of drug-likeness (QED) is 0.170. The van der Waals surface area contributed by atoms with E-state index in [4.69, 9.17) is 0 Å². The molecule has 1 spiro atoms. The average Bonchev–Trinajstić information content (AvgIpc) is 3.28. The second-order valence-corrected chi connectivity index (χ2v) is 25.0. The molecule has 64 heavy (non-hydrogen) atoms. The molecule has 0 saturated heterocycles. The summed E-state index contributed by atoms with van der Waals surface area (Å²) in [7, 11) is 0. The number of hydrogen-bond acceptors (Lipinski definition) is 2. The number of fused-ring (bicyclic) bond motifs is 4. The summed E-state index contributed by atoms with van der Waals surface area (Å²) in [6.07, 6.45) is 11.9. The minimum absolute atomic E-state index is 0.0728. The highest BCUT2D eigenvalue weighted by molar-refractivity contribution is 7.99. The number of hydrogen-bond donors (Lipinski definition) is 0. The van der Waals surface area contributed by atoms with Gasteiger partial charge in [-0.3, -0.25) is 0 Å². The Morgan fingerprint density at radius 2 is 0.828 bits per heavy atom. The summed E-state index contributed by atoms with van der Waals surface area (Å²) in [5.74, 6) is 3.22. The zero-order valence-corrected chi connectivity index (χ0v) is 40.5. The molecule has 1 aliphatic heterocycles. The van der Waals surface area contributed by atoms with E-state index in [1.807, 2.05) is 11.8 Å². The van der Waals surface area contributed by atoms with Crippen LogP contribution in [0.1, 0.15) is 147 Å². The van der Waals surface area contributed by atoms with E-state index in [0.717, 1.165) is 11.8 Å². The molecule has 6 aromatic rings. The molecule has 4 fully saturated rings. The normalized spacial score (nSPS) is 27.0. The molecule has 7 aliphatic rings. The van der Waals surface area contributed by atoms with E-state index in [-0.39, 0.29) is 27.1 Å². The van der Waals surface area contributed by atoms with Crippen molar-refractivity contribution in [3.63, 3.8) is 0 Å². The van der Waals surface area contributed by atoms with Crippen LogP contribution < -0.4 is 4.90 Å². The van der Waals surface area contributed by atoms with Crippen molar-refractivity contribution in [3.8, 4) is 22.3 Å². The Labute approximate surface area is 388 Å². The highest BCUT2D eigenvalue weighted by Gasteiger charge is 2.60. The first-order valence-corrected chi connectivity index (χ1v) is 25.7. The van der Waals surface area contributed by atoms with Gasteiger partial charge in [-0.25, -0.2) is 0 Å². The van der Waals surface area contributed by atoms with Gasteiger partial charge in [0.2, 0.25) is 0 Å². The van der Waals surface area contributed by atoms with Gasteiger partial charge >= 0.3 is 0 Å². The van der Waals surface area contributed by atoms with Crippen molar-refractivity contribution < 1.29 is 0 Å². The molecule has 0 amide bonds. The van der Waals surface area contributed by atoms with Gasteiger partial charge in [-0.2, -0.15) is 0 Å². The van der Waals surface area contributed by atoms with Gasteiger partial charge in [0.05, 0.1) is 0 Å². The van der Waals surface area contributed by atoms with Crippen LogP contribution in [0.2, 0.25) is 0 Å². The molecule has 4 saturated carbocycles. The Balaban J connectivity index is 1.03. The Morgan fingerprint density at radius 1 is 0.375 bits per heavy atom. The summed E-state index contributed by atoms with van der Waals surface area (Å²) in [5, 5.41) is 0. The van der Waals surface area contributed by atoms with Crippen molar-refractivity contribution in [3.05, 3.63) is 161 Å². The molecule has 4 bridgehead atoms. The van der Waals surface area contributed by atoms with E-state index in [2.05, 4.69) is 188 Å². The van der Waals surface area contributed by atoms with Crippen molar-refractivity contribution in [2.45, 2.75) is 150 Å². The molecule has 0 unspecified atom stereocenters. The number of benzene rings is 6. The lowest BCUT2D eigenvalue weighted by atomic mass is 9.42. The fourth-order valence-corrected chi connectivity index (χ4v) is 15.9. The van der Waals surface area contributed by atoms with Gasteiger partial charge in [0, 0.05) is 32.3 Å². The molecular formula is C62H67NS. The van der Waals surface area contributed by atoms with Gasteiger partial charge < -0.3 is 4.90 Å². The molecule has 2 heteroatoms. The maximum atomic E-state index is 2.67. The van der Waals surface area contributed by atoms with Crippen molar-refractivity contribution in [1.82, 2.24) is 0 Å². The molecule has 0 atom stereocenters. The van der Waals surface area contributed by atoms with E-state index in [0.29, 0.717) is 11.8 Å². The Hall–Kier alpha value is -4.53. The summed E-state index contributed by atoms with van der Waals surface area (Å²) in [6.45, 7) is 19.5. The number of nitrogens with zero attached hydrogens (tertiary/aromatic N) is 1. The SMILES string of the molecule is CC1(C)CCC(C)(C)c2cc(-c3cccc(N(c4cccc(-c5ccc6c(c5)C(C)(C)CCC6(C)C)c4)c4ccc5c(c4)C4(c6ccccc6S5)C5CC6CC(C5)CC4C6)c3)ccc21. The van der Waals surface area contributed by atoms with Crippen molar-refractivity contribution >= 4 is 28.8 Å². The highest BCUT2D eigenvalue weighted by Crippen LogP contribution is 2.69. The third kappa shape index (κ3) is 6.23. The molecule has 0 radical (unpaired) electrons. The lowest BCUT2D eigenvalue weighted by Gasteiger charge is -2.63. The predicted molar refractivity (Wildman–Crippen MR) is 271 cm³/mol. The Kier molecular flexibility index (Phi) is 9.11. The van der Waals surface area contributed by atoms with Gasteiger partial charge in [-0.05, 0) is 207 Å². The Morgan fingerprint density at radius 3 is 1.36 bits per heavy atom. The maximum Gasteiger partial charge on any atom is 0.0467 e. The topological polar surface area (TPSA) is 3.24 Å². The van der Waals surface area contributed by atoms with Gasteiger partial charge in [0.1, 0.15) is 0 Å². The molecule has 1 heterocycles. The molecule has 6 aliphatic carbocycles. The first-order valence-electron chi connectivity index (χ1n) is 24.8. The van der Waals surface area contributed by atoms with E-state index < -0.39 is 0 Å². The highest BCUT2D eigenvalue weighted by atomic mass is 32.2. The fourth-order valence-electron chi connectivity index (χ4n) is 14.7. The second-order valence-electron chi connectivity index (χ2n) is 23.9. The van der Waals surface area contributed by atoms with Crippen LogP contribution in [0, 0.1) is 23.7 Å². The monoisotopic (exact) mass is 857 g/mol. The van der Waals surface area contributed by atoms with Crippen LogP contribution in [0.3, 0.4) is 0 Å². The number of anilines is 3. The maximum absolute atomic E-state index is 2.67. The van der Waals surface area contributed by atoms with Crippen LogP contribution >= 0.6 is 11.8 Å². The van der Waals surface area contributed by atoms with E-state index in [9.17, 15) is 0 Å². The summed E-state index contributed by atoms with van der Waals surface area (Å²) < 4.78 is 0. The third-order valence-electron chi connectivity index (χ3n) is 18.2. The minimum atomic E-state index is 0.0728. The minimum Gasteiger partial charge on any atom is -0.310 e. The second kappa shape index (κ2) is 14.2. The van der Waals surface area contributed by atoms with Gasteiger partial charge in [-0.1, -0.05) is 146 Å². The average molecular weight is 858 g/mol. The smallest absolute Gasteiger partial charge is 0.0467 e. The largest absolute Gasteiger partial charge is 0.310 e. The third-order valence-corrected chi connectivity index (χ3v) is 19.4. The molecule has 13 rings (SSSR count). The van der Waals surface area contributed by atoms with Crippen LogP contribution in [0.4, 0.5) is 17.1 Å². The van der Waals surface area contributed by atoms with E-state index >= 15 is 0 Å². The van der Waals surface area contributed by atoms with E-state index in [1.54, 1.807) is 11.1 Å². The predicted octanol–water partition coefficient (Wildman–Crippen LogP) is 17.4. The lowest BCUT2D eigenvalue weighted by Crippen LogP contribution is -2.57. The van der Waals surface area contributed by atoms with Crippen molar-refractivity contribution in [2.75, 3.05) is 4.90 Å². The van der Waals surface area contributed by atoms with Gasteiger partial charge in [-0.15, -0.1) is 0 Å². The summed E-state index contributed by atoms with van der Waals surface area (Å²) in [4.78, 5) is 5.55. The summed E-state index contributed by atoms with van der Waals surface area (Å²) >= 11 is 2.02. The van der Waals surface area contributed by atoms with Crippen LogP contribution in [0.25, 0.3) is 22.3 Å². The molecule has 326 valence electrons. The van der Waals surface area contributed by atoms with Crippen molar-refractivity contribution in [1.29, 1.82) is 0 Å². The van der Waals surface area contributed by atoms with Crippen LogP contribution in [0.15, 0.2) is 137 Å². The number of rotatable bonds is 5. The van der Waals surface area contributed by atoms with Crippen molar-refractivity contribution in [2.24, 2.45) is 23.7 Å². The summed E-state index contributed by atoms with van der Waals surface area (Å²) in [6, 6.07) is 50.8. The van der Waals surface area contributed by atoms with Crippen LogP contribution in [0.5, 0.6) is 0 Å². The molecule has 6 aromatic carbocycles. The van der Waals surface area contributed by atoms with Crippen LogP contribution in [-0.4, -0.2) is 0 Å².